The van der Waals surface area contributed by atoms with Gasteiger partial charge in [0.1, 0.15) is 5.82 Å². The van der Waals surface area contributed by atoms with Crippen LogP contribution in [-0.2, 0) is 19.6 Å². The lowest BCUT2D eigenvalue weighted by Crippen LogP contribution is -2.37. The van der Waals surface area contributed by atoms with E-state index in [0.717, 1.165) is 17.1 Å². The Hall–Kier alpha value is -3.59. The van der Waals surface area contributed by atoms with Crippen LogP contribution in [-0.4, -0.2) is 73.9 Å². The number of thioether (sulfide) groups is 1. The van der Waals surface area contributed by atoms with Crippen molar-refractivity contribution in [2.75, 3.05) is 49.6 Å². The Morgan fingerprint density at radius 1 is 1.14 bits per heavy atom. The van der Waals surface area contributed by atoms with E-state index in [-0.39, 0.29) is 28.8 Å². The molecule has 2 amide bonds. The van der Waals surface area contributed by atoms with Crippen molar-refractivity contribution in [2.45, 2.75) is 4.90 Å². The molecule has 2 saturated heterocycles. The van der Waals surface area contributed by atoms with Gasteiger partial charge in [-0.05, 0) is 30.0 Å². The summed E-state index contributed by atoms with van der Waals surface area (Å²) in [6, 6.07) is 8.43. The molecule has 3 aromatic rings. The van der Waals surface area contributed by atoms with E-state index in [4.69, 9.17) is 4.74 Å². The van der Waals surface area contributed by atoms with Gasteiger partial charge in [0.25, 0.3) is 11.1 Å². The van der Waals surface area contributed by atoms with Gasteiger partial charge >= 0.3 is 0 Å². The number of imide groups is 1. The highest BCUT2D eigenvalue weighted by Gasteiger charge is 2.25. The Labute approximate surface area is 217 Å². The average molecular weight is 542 g/mol. The number of anilines is 2. The highest BCUT2D eigenvalue weighted by Crippen LogP contribution is 2.27. The summed E-state index contributed by atoms with van der Waals surface area (Å²) >= 11 is 0.805. The van der Waals surface area contributed by atoms with Crippen molar-refractivity contribution >= 4 is 61.5 Å². The van der Waals surface area contributed by atoms with E-state index < -0.39 is 21.2 Å². The van der Waals surface area contributed by atoms with Crippen molar-refractivity contribution in [3.63, 3.8) is 0 Å². The molecule has 2 aliphatic rings. The maximum Gasteiger partial charge on any atom is 0.290 e. The minimum absolute atomic E-state index is 0.0815. The number of rotatable bonds is 8. The lowest BCUT2D eigenvalue weighted by molar-refractivity contribution is -0.115. The number of amides is 2. The van der Waals surface area contributed by atoms with Crippen LogP contribution in [0.15, 0.2) is 52.5 Å². The summed E-state index contributed by atoms with van der Waals surface area (Å²) in [6.45, 7) is 2.69. The Kier molecular flexibility index (Phi) is 7.32. The largest absolute Gasteiger partial charge is 0.378 e. The Morgan fingerprint density at radius 2 is 1.97 bits per heavy atom. The Morgan fingerprint density at radius 3 is 2.76 bits per heavy atom. The Balaban J connectivity index is 1.31. The molecule has 1 aromatic carbocycles. The third-order valence-corrected chi connectivity index (χ3v) is 7.95. The van der Waals surface area contributed by atoms with Gasteiger partial charge < -0.3 is 15.0 Å². The maximum absolute atomic E-state index is 12.9. The van der Waals surface area contributed by atoms with Crippen LogP contribution in [0.3, 0.4) is 0 Å². The predicted octanol–water partition coefficient (Wildman–Crippen LogP) is 1.58. The fraction of sp³-hybridized carbons (Fsp3) is 0.261. The molecule has 14 heteroatoms. The number of ether oxygens (including phenoxy) is 1. The van der Waals surface area contributed by atoms with Gasteiger partial charge in [-0.2, -0.15) is 4.98 Å². The third kappa shape index (κ3) is 5.88. The molecule has 0 atom stereocenters. The number of morpholine rings is 1. The summed E-state index contributed by atoms with van der Waals surface area (Å²) in [5, 5.41) is 6.15. The van der Waals surface area contributed by atoms with E-state index in [1.54, 1.807) is 42.7 Å². The molecule has 0 saturated carbocycles. The van der Waals surface area contributed by atoms with Gasteiger partial charge in [0.05, 0.1) is 28.7 Å². The number of pyridine rings is 1. The van der Waals surface area contributed by atoms with Crippen LogP contribution in [0.1, 0.15) is 5.69 Å². The summed E-state index contributed by atoms with van der Waals surface area (Å²) in [4.78, 5) is 39.0. The van der Waals surface area contributed by atoms with Crippen molar-refractivity contribution < 1.29 is 22.7 Å². The van der Waals surface area contributed by atoms with Crippen LogP contribution in [0.4, 0.5) is 16.6 Å². The summed E-state index contributed by atoms with van der Waals surface area (Å²) in [5.74, 6) is 0.419. The molecular formula is C23H23N7O5S2. The number of nitrogens with one attached hydrogen (secondary N) is 3. The molecule has 0 spiro atoms. The number of sulfonamides is 1. The molecule has 0 aliphatic carbocycles. The number of hydrogen-bond donors (Lipinski definition) is 3. The average Bonchev–Trinajstić information content (AvgIpc) is 3.22. The second kappa shape index (κ2) is 10.8. The molecule has 12 nitrogen and oxygen atoms in total. The van der Waals surface area contributed by atoms with Crippen molar-refractivity contribution in [1.29, 1.82) is 0 Å². The highest BCUT2D eigenvalue weighted by molar-refractivity contribution is 8.18. The van der Waals surface area contributed by atoms with Crippen molar-refractivity contribution in [3.8, 4) is 0 Å². The number of carbonyl (C=O) groups excluding carboxylic acids is 2. The first-order valence-corrected chi connectivity index (χ1v) is 13.7. The molecule has 5 rings (SSSR count). The van der Waals surface area contributed by atoms with Crippen LogP contribution < -0.4 is 20.3 Å². The first-order valence-electron chi connectivity index (χ1n) is 11.4. The lowest BCUT2D eigenvalue weighted by atomic mass is 10.2. The van der Waals surface area contributed by atoms with Crippen molar-refractivity contribution in [2.24, 2.45) is 0 Å². The lowest BCUT2D eigenvalue weighted by Gasteiger charge is -2.28. The molecule has 2 aromatic heterocycles. The molecule has 0 radical (unpaired) electrons. The minimum atomic E-state index is -3.77. The van der Waals surface area contributed by atoms with Gasteiger partial charge in [-0.15, -0.1) is 0 Å². The smallest absolute Gasteiger partial charge is 0.290 e. The van der Waals surface area contributed by atoms with E-state index in [1.165, 1.54) is 6.08 Å². The van der Waals surface area contributed by atoms with Gasteiger partial charge in [-0.1, -0.05) is 12.1 Å². The molecule has 2 aliphatic heterocycles. The first kappa shape index (κ1) is 25.1. The van der Waals surface area contributed by atoms with Gasteiger partial charge in [0.15, 0.2) is 0 Å². The molecular weight excluding hydrogens is 518 g/mol. The summed E-state index contributed by atoms with van der Waals surface area (Å²) in [6.07, 6.45) is 4.70. The van der Waals surface area contributed by atoms with Gasteiger partial charge in [-0.3, -0.25) is 19.9 Å². The third-order valence-electron chi connectivity index (χ3n) is 5.62. The second-order valence-corrected chi connectivity index (χ2v) is 10.9. The van der Waals surface area contributed by atoms with Crippen LogP contribution in [0, 0.1) is 0 Å². The number of hydrogen-bond acceptors (Lipinski definition) is 11. The van der Waals surface area contributed by atoms with Gasteiger partial charge in [0, 0.05) is 55.4 Å². The van der Waals surface area contributed by atoms with Gasteiger partial charge in [-0.25, -0.2) is 18.1 Å². The van der Waals surface area contributed by atoms with Crippen LogP contribution in [0.25, 0.3) is 16.8 Å². The standard InChI is InChI=1S/C23H23N7O5S2/c31-21-18(36-23(32)29-21)12-16-13-20(30-8-10-35-11-9-30)28-22(27-16)25-6-7-26-37(33,34)19-3-1-2-15-14-24-5-4-17(15)19/h1-5,12-14,26H,6-11H2,(H,25,27,28)(H,29,31,32)/b18-12+. The minimum Gasteiger partial charge on any atom is -0.378 e. The molecule has 3 N–H and O–H groups in total. The SMILES string of the molecule is O=C1NC(=O)/C(=C\c2cc(N3CCOCC3)nc(NCCNS(=O)(=O)c3cccc4cnccc34)n2)S1. The van der Waals surface area contributed by atoms with Crippen molar-refractivity contribution in [1.82, 2.24) is 25.0 Å². The quantitative estimate of drug-likeness (QED) is 0.281. The zero-order valence-corrected chi connectivity index (χ0v) is 21.1. The number of benzene rings is 1. The van der Waals surface area contributed by atoms with Crippen LogP contribution >= 0.6 is 11.8 Å². The van der Waals surface area contributed by atoms with E-state index in [9.17, 15) is 18.0 Å². The van der Waals surface area contributed by atoms with E-state index in [2.05, 4.69) is 30.3 Å². The second-order valence-electron chi connectivity index (χ2n) is 8.10. The number of aromatic nitrogens is 3. The summed E-state index contributed by atoms with van der Waals surface area (Å²) in [7, 11) is -3.77. The van der Waals surface area contributed by atoms with Crippen molar-refractivity contribution in [3.05, 3.63) is 53.3 Å². The zero-order valence-electron chi connectivity index (χ0n) is 19.5. The van der Waals surface area contributed by atoms with Gasteiger partial charge in [0.2, 0.25) is 16.0 Å². The normalized spacial score (nSPS) is 17.4. The number of fused-ring (bicyclic) bond motifs is 1. The van der Waals surface area contributed by atoms with E-state index >= 15 is 0 Å². The van der Waals surface area contributed by atoms with Crippen LogP contribution in [0.2, 0.25) is 0 Å². The summed E-state index contributed by atoms with van der Waals surface area (Å²) in [5.41, 5.74) is 0.441. The van der Waals surface area contributed by atoms with E-state index in [0.29, 0.717) is 43.2 Å². The molecule has 2 fully saturated rings. The highest BCUT2D eigenvalue weighted by atomic mass is 32.2. The fourth-order valence-electron chi connectivity index (χ4n) is 3.88. The monoisotopic (exact) mass is 541 g/mol. The number of nitrogens with zero attached hydrogens (tertiary/aromatic N) is 4. The van der Waals surface area contributed by atoms with E-state index in [1.807, 2.05) is 4.90 Å². The summed E-state index contributed by atoms with van der Waals surface area (Å²) < 4.78 is 33.9. The zero-order chi connectivity index (χ0) is 25.8. The first-order chi connectivity index (χ1) is 17.9. The maximum atomic E-state index is 12.9. The number of carbonyl (C=O) groups is 2. The van der Waals surface area contributed by atoms with Crippen LogP contribution in [0.5, 0.6) is 0 Å². The topological polar surface area (TPSA) is 156 Å². The molecule has 192 valence electrons. The molecule has 37 heavy (non-hydrogen) atoms. The predicted molar refractivity (Wildman–Crippen MR) is 140 cm³/mol. The molecule has 4 heterocycles. The molecule has 0 unspecified atom stereocenters. The Bertz CT molecular complexity index is 1480. The fourth-order valence-corrected chi connectivity index (χ4v) is 5.81. The molecule has 0 bridgehead atoms.